The van der Waals surface area contributed by atoms with Crippen molar-refractivity contribution in [3.63, 3.8) is 0 Å². The van der Waals surface area contributed by atoms with Gasteiger partial charge >= 0.3 is 12.3 Å². The molecule has 0 radical (unpaired) electrons. The highest BCUT2D eigenvalue weighted by Gasteiger charge is 2.35. The number of rotatable bonds is 5. The van der Waals surface area contributed by atoms with Crippen molar-refractivity contribution in [3.05, 3.63) is 23.0 Å². The van der Waals surface area contributed by atoms with Crippen molar-refractivity contribution in [1.29, 1.82) is 0 Å². The topological polar surface area (TPSA) is 59.4 Å². The molecule has 0 bridgehead atoms. The lowest BCUT2D eigenvalue weighted by Crippen LogP contribution is -2.21. The number of halogens is 6. The van der Waals surface area contributed by atoms with E-state index in [-0.39, 0.29) is 0 Å². The number of hydrogen-bond donors (Lipinski definition) is 1. The third-order valence-electron chi connectivity index (χ3n) is 2.13. The molecule has 10 heteroatoms. The maximum atomic E-state index is 12.7. The second-order valence-corrected chi connectivity index (χ2v) is 4.09. The third kappa shape index (κ3) is 4.29. The van der Waals surface area contributed by atoms with E-state index in [1.165, 1.54) is 0 Å². The number of hydrogen-bond acceptors (Lipinski definition) is 3. The van der Waals surface area contributed by atoms with Crippen molar-refractivity contribution in [2.45, 2.75) is 24.5 Å². The average Bonchev–Trinajstić information content (AvgIpc) is 2.28. The molecule has 20 heavy (non-hydrogen) atoms. The average molecular weight is 364 g/mol. The van der Waals surface area contributed by atoms with Crippen LogP contribution < -0.4 is 4.74 Å². The number of ether oxygens (including phenoxy) is 1. The molecule has 1 rings (SSSR count). The summed E-state index contributed by atoms with van der Waals surface area (Å²) in [5, 5.41) is 8.22. The van der Waals surface area contributed by atoms with Gasteiger partial charge in [-0.1, -0.05) is 15.9 Å². The van der Waals surface area contributed by atoms with E-state index in [1.807, 2.05) is 0 Å². The Labute approximate surface area is 117 Å². The van der Waals surface area contributed by atoms with Crippen molar-refractivity contribution in [3.8, 4) is 5.75 Å². The maximum Gasteiger partial charge on any atom is 0.573 e. The van der Waals surface area contributed by atoms with Gasteiger partial charge in [0.05, 0.1) is 6.42 Å². The van der Waals surface area contributed by atoms with Crippen LogP contribution in [0.15, 0.2) is 6.20 Å². The minimum atomic E-state index is -5.13. The second-order valence-electron chi connectivity index (χ2n) is 3.53. The van der Waals surface area contributed by atoms with Gasteiger partial charge in [0.25, 0.3) is 6.43 Å². The molecule has 0 spiro atoms. The van der Waals surface area contributed by atoms with E-state index in [2.05, 4.69) is 25.7 Å². The smallest absolute Gasteiger partial charge is 0.481 e. The molecule has 0 aliphatic heterocycles. The second kappa shape index (κ2) is 6.33. The van der Waals surface area contributed by atoms with Crippen molar-refractivity contribution >= 4 is 21.9 Å². The Kier molecular flexibility index (Phi) is 5.26. The first-order chi connectivity index (χ1) is 9.15. The Morgan fingerprint density at radius 2 is 2.05 bits per heavy atom. The molecule has 0 unspecified atom stereocenters. The molecule has 0 atom stereocenters. The van der Waals surface area contributed by atoms with Gasteiger partial charge in [-0.05, 0) is 0 Å². The van der Waals surface area contributed by atoms with Crippen LogP contribution >= 0.6 is 15.9 Å². The fourth-order valence-electron chi connectivity index (χ4n) is 1.44. The number of aromatic nitrogens is 1. The Balaban J connectivity index is 3.42. The summed E-state index contributed by atoms with van der Waals surface area (Å²) in [6, 6.07) is 0. The fraction of sp³-hybridized carbons (Fsp3) is 0.400. The number of carboxylic acid groups (broad SMARTS) is 1. The molecule has 0 saturated heterocycles. The maximum absolute atomic E-state index is 12.7. The minimum Gasteiger partial charge on any atom is -0.481 e. The molecule has 4 nitrogen and oxygen atoms in total. The van der Waals surface area contributed by atoms with Crippen LogP contribution in [0.25, 0.3) is 0 Å². The molecular weight excluding hydrogens is 357 g/mol. The Morgan fingerprint density at radius 1 is 1.45 bits per heavy atom. The Hall–Kier alpha value is -1.45. The molecule has 112 valence electrons. The molecule has 0 saturated carbocycles. The fourth-order valence-corrected chi connectivity index (χ4v) is 1.98. The Bertz CT molecular complexity index is 506. The van der Waals surface area contributed by atoms with Crippen LogP contribution in [-0.2, 0) is 16.5 Å². The van der Waals surface area contributed by atoms with E-state index in [1.54, 1.807) is 0 Å². The van der Waals surface area contributed by atoms with Crippen molar-refractivity contribution in [1.82, 2.24) is 4.98 Å². The number of pyridine rings is 1. The summed E-state index contributed by atoms with van der Waals surface area (Å²) in [6.45, 7) is 0. The summed E-state index contributed by atoms with van der Waals surface area (Å²) in [5.74, 6) is -2.40. The molecule has 1 aromatic rings. The Morgan fingerprint density at radius 3 is 2.45 bits per heavy atom. The summed E-state index contributed by atoms with van der Waals surface area (Å²) >= 11 is 2.77. The van der Waals surface area contributed by atoms with Gasteiger partial charge in [0, 0.05) is 22.7 Å². The number of carbonyl (C=O) groups is 1. The van der Waals surface area contributed by atoms with Crippen LogP contribution in [0.3, 0.4) is 0 Å². The summed E-state index contributed by atoms with van der Waals surface area (Å²) in [5.41, 5.74) is -1.86. The lowest BCUT2D eigenvalue weighted by molar-refractivity contribution is -0.275. The SMILES string of the molecule is O=C(O)Cc1cnc(C(F)F)c(CBr)c1OC(F)(F)F. The summed E-state index contributed by atoms with van der Waals surface area (Å²) < 4.78 is 66.0. The minimum absolute atomic E-state index is 0.390. The molecule has 0 aliphatic rings. The normalized spacial score (nSPS) is 11.8. The van der Waals surface area contributed by atoms with Crippen LogP contribution in [-0.4, -0.2) is 22.4 Å². The van der Waals surface area contributed by atoms with Crippen molar-refractivity contribution in [2.75, 3.05) is 0 Å². The van der Waals surface area contributed by atoms with E-state index in [0.717, 1.165) is 0 Å². The standard InChI is InChI=1S/C10H7BrF5NO3/c11-2-5-7(9(12)13)17-3-4(1-6(18)19)8(5)20-10(14,15)16/h3,9H,1-2H2,(H,18,19). The van der Waals surface area contributed by atoms with Gasteiger partial charge in [-0.15, -0.1) is 13.2 Å². The van der Waals surface area contributed by atoms with Crippen LogP contribution in [0.2, 0.25) is 0 Å². The summed E-state index contributed by atoms with van der Waals surface area (Å²) in [6.07, 6.45) is -8.44. The zero-order valence-corrected chi connectivity index (χ0v) is 11.1. The van der Waals surface area contributed by atoms with Crippen molar-refractivity contribution in [2.24, 2.45) is 0 Å². The molecule has 0 aromatic carbocycles. The van der Waals surface area contributed by atoms with Gasteiger partial charge in [0.1, 0.15) is 11.4 Å². The first-order valence-corrected chi connectivity index (χ1v) is 6.10. The van der Waals surface area contributed by atoms with Gasteiger partial charge in [-0.2, -0.15) is 0 Å². The van der Waals surface area contributed by atoms with Gasteiger partial charge in [0.2, 0.25) is 0 Å². The lowest BCUT2D eigenvalue weighted by Gasteiger charge is -2.17. The van der Waals surface area contributed by atoms with Crippen molar-refractivity contribution < 1.29 is 36.6 Å². The largest absolute Gasteiger partial charge is 0.573 e. The molecule has 1 N–H and O–H groups in total. The van der Waals surface area contributed by atoms with Crippen LogP contribution in [0.1, 0.15) is 23.2 Å². The molecular formula is C10H7BrF5NO3. The molecule has 1 heterocycles. The van der Waals surface area contributed by atoms with Gasteiger partial charge < -0.3 is 9.84 Å². The van der Waals surface area contributed by atoms with Crippen LogP contribution in [0.5, 0.6) is 5.75 Å². The monoisotopic (exact) mass is 363 g/mol. The quantitative estimate of drug-likeness (QED) is 0.643. The molecule has 1 aromatic heterocycles. The molecule has 0 aliphatic carbocycles. The summed E-state index contributed by atoms with van der Waals surface area (Å²) in [7, 11) is 0. The van der Waals surface area contributed by atoms with E-state index in [0.29, 0.717) is 6.20 Å². The first kappa shape index (κ1) is 16.6. The zero-order valence-electron chi connectivity index (χ0n) is 9.55. The predicted octanol–water partition coefficient (Wildman–Crippen LogP) is 3.44. The van der Waals surface area contributed by atoms with E-state index < -0.39 is 53.1 Å². The van der Waals surface area contributed by atoms with E-state index >= 15 is 0 Å². The van der Waals surface area contributed by atoms with Gasteiger partial charge in [-0.3, -0.25) is 9.78 Å². The molecule has 0 amide bonds. The highest BCUT2D eigenvalue weighted by Crippen LogP contribution is 2.36. The summed E-state index contributed by atoms with van der Waals surface area (Å²) in [4.78, 5) is 13.9. The zero-order chi connectivity index (χ0) is 15.5. The van der Waals surface area contributed by atoms with Gasteiger partial charge in [-0.25, -0.2) is 8.78 Å². The van der Waals surface area contributed by atoms with E-state index in [4.69, 9.17) is 5.11 Å². The lowest BCUT2D eigenvalue weighted by atomic mass is 10.1. The first-order valence-electron chi connectivity index (χ1n) is 4.98. The number of alkyl halides is 6. The van der Waals surface area contributed by atoms with Crippen LogP contribution in [0.4, 0.5) is 22.0 Å². The van der Waals surface area contributed by atoms with Crippen LogP contribution in [0, 0.1) is 0 Å². The highest BCUT2D eigenvalue weighted by atomic mass is 79.9. The highest BCUT2D eigenvalue weighted by molar-refractivity contribution is 9.08. The third-order valence-corrected chi connectivity index (χ3v) is 2.69. The molecule has 0 fully saturated rings. The van der Waals surface area contributed by atoms with E-state index in [9.17, 15) is 26.7 Å². The predicted molar refractivity (Wildman–Crippen MR) is 59.8 cm³/mol. The van der Waals surface area contributed by atoms with Gasteiger partial charge in [0.15, 0.2) is 0 Å². The number of aliphatic carboxylic acids is 1. The number of nitrogens with zero attached hydrogens (tertiary/aromatic N) is 1. The number of carboxylic acids is 1.